The van der Waals surface area contributed by atoms with Gasteiger partial charge in [0.15, 0.2) is 0 Å². The number of rotatable bonds is 4. The summed E-state index contributed by atoms with van der Waals surface area (Å²) in [6, 6.07) is 11.2. The Balaban J connectivity index is 1.62. The number of nitrogens with zero attached hydrogens (tertiary/aromatic N) is 3. The van der Waals surface area contributed by atoms with Crippen LogP contribution in [0.2, 0.25) is 0 Å². The van der Waals surface area contributed by atoms with Crippen LogP contribution in [0.25, 0.3) is 0 Å². The lowest BCUT2D eigenvalue weighted by Crippen LogP contribution is -2.49. The molecule has 8 heteroatoms. The number of sulfonamides is 1. The molecule has 3 heterocycles. The highest BCUT2D eigenvalue weighted by atomic mass is 32.2. The van der Waals surface area contributed by atoms with Crippen LogP contribution in [0, 0.1) is 5.92 Å². The lowest BCUT2D eigenvalue weighted by molar-refractivity contribution is 0.0630. The van der Waals surface area contributed by atoms with Gasteiger partial charge in [0.25, 0.3) is 5.91 Å². The number of hydrogen-bond donors (Lipinski definition) is 0. The fourth-order valence-electron chi connectivity index (χ4n) is 4.63. The number of hydrogen-bond acceptors (Lipinski definition) is 5. The van der Waals surface area contributed by atoms with Gasteiger partial charge in [0, 0.05) is 49.9 Å². The number of methoxy groups -OCH3 is 1. The Hall–Kier alpha value is -2.45. The van der Waals surface area contributed by atoms with Crippen molar-refractivity contribution in [3.63, 3.8) is 0 Å². The molecule has 154 valence electrons. The van der Waals surface area contributed by atoms with Crippen molar-refractivity contribution < 1.29 is 17.9 Å². The molecule has 0 N–H and O–H groups in total. The zero-order valence-corrected chi connectivity index (χ0v) is 17.4. The molecule has 4 rings (SSSR count). The van der Waals surface area contributed by atoms with Crippen molar-refractivity contribution in [1.29, 1.82) is 0 Å². The van der Waals surface area contributed by atoms with Gasteiger partial charge in [0.1, 0.15) is 5.75 Å². The molecule has 3 atom stereocenters. The van der Waals surface area contributed by atoms with Crippen LogP contribution in [0.4, 0.5) is 0 Å². The van der Waals surface area contributed by atoms with E-state index in [1.165, 1.54) is 6.26 Å². The van der Waals surface area contributed by atoms with E-state index in [1.54, 1.807) is 35.9 Å². The van der Waals surface area contributed by atoms with Gasteiger partial charge in [0.05, 0.1) is 18.9 Å². The molecule has 2 saturated heterocycles. The van der Waals surface area contributed by atoms with Crippen LogP contribution in [-0.4, -0.2) is 67.6 Å². The number of benzene rings is 1. The lowest BCUT2D eigenvalue weighted by Gasteiger charge is -2.38. The molecule has 0 radical (unpaired) electrons. The van der Waals surface area contributed by atoms with Crippen LogP contribution in [0.3, 0.4) is 0 Å². The molecule has 0 spiro atoms. The van der Waals surface area contributed by atoms with Crippen molar-refractivity contribution in [2.45, 2.75) is 18.4 Å². The van der Waals surface area contributed by atoms with Gasteiger partial charge >= 0.3 is 0 Å². The van der Waals surface area contributed by atoms with Gasteiger partial charge in [-0.15, -0.1) is 0 Å². The van der Waals surface area contributed by atoms with E-state index >= 15 is 0 Å². The highest BCUT2D eigenvalue weighted by Gasteiger charge is 2.49. The third-order valence-corrected chi connectivity index (χ3v) is 7.32. The summed E-state index contributed by atoms with van der Waals surface area (Å²) in [4.78, 5) is 18.8. The average Bonchev–Trinajstić information content (AvgIpc) is 3.13. The summed E-state index contributed by atoms with van der Waals surface area (Å²) in [5.41, 5.74) is 1.63. The van der Waals surface area contributed by atoms with Gasteiger partial charge in [-0.25, -0.2) is 8.42 Å². The number of piperidine rings is 1. The highest BCUT2D eigenvalue weighted by molar-refractivity contribution is 7.88. The predicted octanol–water partition coefficient (Wildman–Crippen LogP) is 1.98. The van der Waals surface area contributed by atoms with Crippen LogP contribution >= 0.6 is 0 Å². The summed E-state index contributed by atoms with van der Waals surface area (Å²) < 4.78 is 31.7. The first-order valence-electron chi connectivity index (χ1n) is 9.68. The zero-order valence-electron chi connectivity index (χ0n) is 16.6. The number of likely N-dealkylation sites (tertiary alicyclic amines) is 1. The maximum absolute atomic E-state index is 12.9. The molecule has 1 amide bonds. The van der Waals surface area contributed by atoms with Gasteiger partial charge in [-0.1, -0.05) is 12.1 Å². The van der Waals surface area contributed by atoms with Crippen LogP contribution in [0.5, 0.6) is 5.75 Å². The van der Waals surface area contributed by atoms with Gasteiger partial charge < -0.3 is 9.64 Å². The minimum atomic E-state index is -3.32. The van der Waals surface area contributed by atoms with E-state index in [1.807, 2.05) is 29.2 Å². The first-order chi connectivity index (χ1) is 13.9. The van der Waals surface area contributed by atoms with Crippen molar-refractivity contribution in [2.24, 2.45) is 5.92 Å². The first kappa shape index (κ1) is 19.8. The molecule has 29 heavy (non-hydrogen) atoms. The van der Waals surface area contributed by atoms with Crippen molar-refractivity contribution in [1.82, 2.24) is 14.2 Å². The van der Waals surface area contributed by atoms with E-state index in [0.29, 0.717) is 31.6 Å². The summed E-state index contributed by atoms with van der Waals surface area (Å²) in [5.74, 6) is 0.792. The van der Waals surface area contributed by atoms with Crippen LogP contribution < -0.4 is 4.74 Å². The quantitative estimate of drug-likeness (QED) is 0.763. The molecule has 1 aromatic heterocycles. The predicted molar refractivity (Wildman–Crippen MR) is 109 cm³/mol. The Morgan fingerprint density at radius 1 is 1.17 bits per heavy atom. The Morgan fingerprint density at radius 3 is 2.55 bits per heavy atom. The fraction of sp³-hybridized carbons (Fsp3) is 0.429. The molecule has 0 aliphatic carbocycles. The Kier molecular flexibility index (Phi) is 5.31. The number of pyridine rings is 1. The Morgan fingerprint density at radius 2 is 1.93 bits per heavy atom. The summed E-state index contributed by atoms with van der Waals surface area (Å²) in [5, 5.41) is 0. The average molecular weight is 416 g/mol. The number of aromatic nitrogens is 1. The standard InChI is InChI=1S/C21H25N3O4S/c1-28-17-7-5-15(6-8-17)18-14-24(29(2,26)27)20-9-11-23(13-19(18)20)21(25)16-4-3-10-22-12-16/h3-8,10,12,18-20H,9,11,13-14H2,1-2H3/t18-,19-,20-/m0/s1. The number of ether oxygens (including phenoxy) is 1. The molecule has 2 aromatic rings. The Labute approximate surface area is 171 Å². The van der Waals surface area contributed by atoms with E-state index in [9.17, 15) is 13.2 Å². The normalized spacial score (nSPS) is 24.9. The number of carbonyl (C=O) groups is 1. The Bertz CT molecular complexity index is 979. The smallest absolute Gasteiger partial charge is 0.255 e. The number of amides is 1. The van der Waals surface area contributed by atoms with Crippen molar-refractivity contribution in [3.8, 4) is 5.75 Å². The van der Waals surface area contributed by atoms with Gasteiger partial charge in [-0.05, 0) is 36.2 Å². The summed E-state index contributed by atoms with van der Waals surface area (Å²) in [6.07, 6.45) is 5.13. The minimum absolute atomic E-state index is 0.0325. The molecule has 0 bridgehead atoms. The maximum Gasteiger partial charge on any atom is 0.255 e. The second-order valence-corrected chi connectivity index (χ2v) is 9.66. The molecule has 0 saturated carbocycles. The third kappa shape index (κ3) is 3.86. The molecule has 2 fully saturated rings. The SMILES string of the molecule is COc1ccc([C@@H]2CN(S(C)(=O)=O)[C@H]3CCN(C(=O)c4cccnc4)C[C@@H]23)cc1. The van der Waals surface area contributed by atoms with Crippen LogP contribution in [0.15, 0.2) is 48.8 Å². The zero-order chi connectivity index (χ0) is 20.6. The van der Waals surface area contributed by atoms with Gasteiger partial charge in [-0.2, -0.15) is 4.31 Å². The van der Waals surface area contributed by atoms with E-state index in [4.69, 9.17) is 4.74 Å². The summed E-state index contributed by atoms with van der Waals surface area (Å²) in [7, 11) is -1.70. The first-order valence-corrected chi connectivity index (χ1v) is 11.5. The molecule has 7 nitrogen and oxygen atoms in total. The summed E-state index contributed by atoms with van der Waals surface area (Å²) in [6.45, 7) is 1.51. The number of fused-ring (bicyclic) bond motifs is 1. The van der Waals surface area contributed by atoms with E-state index in [-0.39, 0.29) is 23.8 Å². The summed E-state index contributed by atoms with van der Waals surface area (Å²) >= 11 is 0. The number of carbonyl (C=O) groups excluding carboxylic acids is 1. The highest BCUT2D eigenvalue weighted by Crippen LogP contribution is 2.43. The van der Waals surface area contributed by atoms with E-state index in [0.717, 1.165) is 11.3 Å². The topological polar surface area (TPSA) is 79.8 Å². The third-order valence-electron chi connectivity index (χ3n) is 6.05. The van der Waals surface area contributed by atoms with Crippen molar-refractivity contribution >= 4 is 15.9 Å². The van der Waals surface area contributed by atoms with Crippen molar-refractivity contribution in [3.05, 3.63) is 59.9 Å². The largest absolute Gasteiger partial charge is 0.497 e. The maximum atomic E-state index is 12.9. The van der Waals surface area contributed by atoms with Gasteiger partial charge in [-0.3, -0.25) is 9.78 Å². The van der Waals surface area contributed by atoms with Gasteiger partial charge in [0.2, 0.25) is 10.0 Å². The molecular weight excluding hydrogens is 390 g/mol. The van der Waals surface area contributed by atoms with Crippen LogP contribution in [-0.2, 0) is 10.0 Å². The second-order valence-electron chi connectivity index (χ2n) is 7.73. The van der Waals surface area contributed by atoms with Crippen molar-refractivity contribution in [2.75, 3.05) is 33.0 Å². The lowest BCUT2D eigenvalue weighted by atomic mass is 9.81. The van der Waals surface area contributed by atoms with E-state index < -0.39 is 10.0 Å². The molecule has 2 aliphatic rings. The molecule has 0 unspecified atom stereocenters. The van der Waals surface area contributed by atoms with E-state index in [2.05, 4.69) is 4.98 Å². The molecule has 1 aromatic carbocycles. The molecule has 2 aliphatic heterocycles. The second kappa shape index (κ2) is 7.76. The monoisotopic (exact) mass is 415 g/mol. The fourth-order valence-corrected chi connectivity index (χ4v) is 5.81. The molecular formula is C21H25N3O4S. The van der Waals surface area contributed by atoms with Crippen LogP contribution in [0.1, 0.15) is 28.3 Å². The minimum Gasteiger partial charge on any atom is -0.497 e.